The lowest BCUT2D eigenvalue weighted by atomic mass is 9.83. The summed E-state index contributed by atoms with van der Waals surface area (Å²) in [5.74, 6) is -0.747. The maximum absolute atomic E-state index is 12.8. The zero-order valence-corrected chi connectivity index (χ0v) is 16.1. The molecule has 2 aromatic rings. The monoisotopic (exact) mass is 395 g/mol. The Morgan fingerprint density at radius 3 is 2.38 bits per heavy atom. The molecule has 0 spiro atoms. The van der Waals surface area contributed by atoms with Gasteiger partial charge in [0.1, 0.15) is 5.69 Å². The number of aliphatic hydroxyl groups is 1. The normalized spacial score (nSPS) is 24.0. The lowest BCUT2D eigenvalue weighted by Crippen LogP contribution is -2.50. The number of fused-ring (bicyclic) bond motifs is 1. The SMILES string of the molecule is O=C(N[C@@H]1C[C@@H](C(=O)NC2Cc3ccccc3C2)CC[C@H]1O)c1cccc(=O)[nH]1. The standard InChI is InChI=1S/C22H25N3O4/c26-19-9-8-15(12-18(19)25-22(29)17-6-3-7-20(27)24-17)21(28)23-16-10-13-4-1-2-5-14(13)11-16/h1-7,15-16,18-19,26H,8-12H2,(H,23,28)(H,24,27)(H,25,29)/t15-,18+,19+/m0/s1. The Labute approximate surface area is 168 Å². The van der Waals surface area contributed by atoms with E-state index in [4.69, 9.17) is 0 Å². The van der Waals surface area contributed by atoms with Crippen LogP contribution < -0.4 is 16.2 Å². The second-order valence-electron chi connectivity index (χ2n) is 7.97. The van der Waals surface area contributed by atoms with Crippen LogP contribution in [0.1, 0.15) is 40.9 Å². The summed E-state index contributed by atoms with van der Waals surface area (Å²) in [6, 6.07) is 12.1. The quantitative estimate of drug-likeness (QED) is 0.617. The molecule has 2 aliphatic rings. The van der Waals surface area contributed by atoms with Crippen molar-refractivity contribution in [3.63, 3.8) is 0 Å². The first-order chi connectivity index (χ1) is 14.0. The molecule has 1 heterocycles. The molecule has 29 heavy (non-hydrogen) atoms. The van der Waals surface area contributed by atoms with Gasteiger partial charge in [0.25, 0.3) is 5.91 Å². The zero-order chi connectivity index (χ0) is 20.4. The maximum atomic E-state index is 12.8. The van der Waals surface area contributed by atoms with Gasteiger partial charge in [-0.1, -0.05) is 30.3 Å². The molecular formula is C22H25N3O4. The van der Waals surface area contributed by atoms with E-state index in [2.05, 4.69) is 27.8 Å². The summed E-state index contributed by atoms with van der Waals surface area (Å²) in [4.78, 5) is 39.1. The van der Waals surface area contributed by atoms with Crippen molar-refractivity contribution in [2.45, 2.75) is 50.3 Å². The number of nitrogens with one attached hydrogen (secondary N) is 3. The van der Waals surface area contributed by atoms with Crippen LogP contribution in [0.4, 0.5) is 0 Å². The van der Waals surface area contributed by atoms with Gasteiger partial charge < -0.3 is 20.7 Å². The number of benzene rings is 1. The third kappa shape index (κ3) is 4.40. The third-order valence-corrected chi connectivity index (χ3v) is 5.91. The summed E-state index contributed by atoms with van der Waals surface area (Å²) in [5.41, 5.74) is 2.33. The molecule has 0 bridgehead atoms. The lowest BCUT2D eigenvalue weighted by Gasteiger charge is -2.33. The summed E-state index contributed by atoms with van der Waals surface area (Å²) >= 11 is 0. The van der Waals surface area contributed by atoms with Crippen LogP contribution in [0.25, 0.3) is 0 Å². The molecule has 1 aromatic heterocycles. The Balaban J connectivity index is 1.35. The lowest BCUT2D eigenvalue weighted by molar-refractivity contribution is -0.127. The molecule has 2 amide bonds. The van der Waals surface area contributed by atoms with E-state index in [0.717, 1.165) is 12.8 Å². The van der Waals surface area contributed by atoms with Crippen molar-refractivity contribution < 1.29 is 14.7 Å². The number of hydrogen-bond donors (Lipinski definition) is 4. The van der Waals surface area contributed by atoms with Gasteiger partial charge in [0.05, 0.1) is 12.1 Å². The van der Waals surface area contributed by atoms with Gasteiger partial charge in [-0.25, -0.2) is 0 Å². The van der Waals surface area contributed by atoms with Gasteiger partial charge in [-0.05, 0) is 49.3 Å². The third-order valence-electron chi connectivity index (χ3n) is 5.91. The fourth-order valence-electron chi connectivity index (χ4n) is 4.35. The predicted octanol–water partition coefficient (Wildman–Crippen LogP) is 0.918. The van der Waals surface area contributed by atoms with E-state index in [-0.39, 0.29) is 29.1 Å². The smallest absolute Gasteiger partial charge is 0.268 e. The Morgan fingerprint density at radius 2 is 1.69 bits per heavy atom. The summed E-state index contributed by atoms with van der Waals surface area (Å²) in [7, 11) is 0. The number of carbonyl (C=O) groups excluding carboxylic acids is 2. The predicted molar refractivity (Wildman–Crippen MR) is 107 cm³/mol. The largest absolute Gasteiger partial charge is 0.391 e. The van der Waals surface area contributed by atoms with Crippen LogP contribution >= 0.6 is 0 Å². The average molecular weight is 395 g/mol. The van der Waals surface area contributed by atoms with Crippen molar-refractivity contribution in [1.29, 1.82) is 0 Å². The fraction of sp³-hybridized carbons (Fsp3) is 0.409. The van der Waals surface area contributed by atoms with Crippen LogP contribution in [0.5, 0.6) is 0 Å². The number of pyridine rings is 1. The summed E-state index contributed by atoms with van der Waals surface area (Å²) in [6.45, 7) is 0. The summed E-state index contributed by atoms with van der Waals surface area (Å²) in [5, 5.41) is 16.2. The Morgan fingerprint density at radius 1 is 0.966 bits per heavy atom. The van der Waals surface area contributed by atoms with Crippen molar-refractivity contribution in [2.75, 3.05) is 0 Å². The number of H-pyrrole nitrogens is 1. The van der Waals surface area contributed by atoms with Crippen LogP contribution in [0.2, 0.25) is 0 Å². The average Bonchev–Trinajstić information content (AvgIpc) is 3.11. The Bertz CT molecular complexity index is 945. The highest BCUT2D eigenvalue weighted by atomic mass is 16.3. The molecular weight excluding hydrogens is 370 g/mol. The molecule has 3 atom stereocenters. The van der Waals surface area contributed by atoms with E-state index in [9.17, 15) is 19.5 Å². The van der Waals surface area contributed by atoms with Crippen molar-refractivity contribution in [3.05, 3.63) is 69.6 Å². The number of rotatable bonds is 4. The molecule has 4 N–H and O–H groups in total. The van der Waals surface area contributed by atoms with Gasteiger partial charge in [0.2, 0.25) is 11.5 Å². The van der Waals surface area contributed by atoms with Crippen molar-refractivity contribution in [2.24, 2.45) is 5.92 Å². The minimum absolute atomic E-state index is 0.0259. The van der Waals surface area contributed by atoms with Gasteiger partial charge in [0.15, 0.2) is 0 Å². The van der Waals surface area contributed by atoms with Gasteiger partial charge in [-0.2, -0.15) is 0 Å². The molecule has 0 unspecified atom stereocenters. The number of aromatic amines is 1. The van der Waals surface area contributed by atoms with E-state index in [1.54, 1.807) is 0 Å². The molecule has 2 aliphatic carbocycles. The van der Waals surface area contributed by atoms with Crippen molar-refractivity contribution in [3.8, 4) is 0 Å². The Hall–Kier alpha value is -2.93. The van der Waals surface area contributed by atoms with E-state index >= 15 is 0 Å². The number of aliphatic hydroxyl groups excluding tert-OH is 1. The minimum atomic E-state index is -0.714. The van der Waals surface area contributed by atoms with Crippen LogP contribution in [-0.2, 0) is 17.6 Å². The second kappa shape index (κ2) is 8.21. The first-order valence-electron chi connectivity index (χ1n) is 10.0. The molecule has 1 aromatic carbocycles. The highest BCUT2D eigenvalue weighted by molar-refractivity contribution is 5.92. The molecule has 1 fully saturated rings. The first-order valence-corrected chi connectivity index (χ1v) is 10.0. The molecule has 0 radical (unpaired) electrons. The minimum Gasteiger partial charge on any atom is -0.391 e. The molecule has 7 heteroatoms. The summed E-state index contributed by atoms with van der Waals surface area (Å²) in [6.07, 6.45) is 2.35. The van der Waals surface area contributed by atoms with Crippen LogP contribution in [0, 0.1) is 5.92 Å². The van der Waals surface area contributed by atoms with Crippen LogP contribution in [0.15, 0.2) is 47.3 Å². The number of hydrogen-bond acceptors (Lipinski definition) is 4. The highest BCUT2D eigenvalue weighted by Gasteiger charge is 2.35. The van der Waals surface area contributed by atoms with Gasteiger partial charge >= 0.3 is 0 Å². The van der Waals surface area contributed by atoms with Crippen LogP contribution in [0.3, 0.4) is 0 Å². The number of carbonyl (C=O) groups is 2. The maximum Gasteiger partial charge on any atom is 0.268 e. The number of aromatic nitrogens is 1. The Kier molecular flexibility index (Phi) is 5.49. The zero-order valence-electron chi connectivity index (χ0n) is 16.1. The van der Waals surface area contributed by atoms with E-state index in [1.807, 2.05) is 12.1 Å². The topological polar surface area (TPSA) is 111 Å². The van der Waals surface area contributed by atoms with Crippen LogP contribution in [-0.4, -0.2) is 40.1 Å². The summed E-state index contributed by atoms with van der Waals surface area (Å²) < 4.78 is 0. The number of amides is 2. The van der Waals surface area contributed by atoms with E-state index in [1.165, 1.54) is 29.3 Å². The molecule has 4 rings (SSSR count). The highest BCUT2D eigenvalue weighted by Crippen LogP contribution is 2.27. The molecule has 1 saturated carbocycles. The molecule has 152 valence electrons. The molecule has 0 aliphatic heterocycles. The molecule has 0 saturated heterocycles. The van der Waals surface area contributed by atoms with Crippen molar-refractivity contribution in [1.82, 2.24) is 15.6 Å². The van der Waals surface area contributed by atoms with E-state index < -0.39 is 18.1 Å². The molecule has 7 nitrogen and oxygen atoms in total. The van der Waals surface area contributed by atoms with E-state index in [0.29, 0.717) is 19.3 Å². The second-order valence-corrected chi connectivity index (χ2v) is 7.97. The first kappa shape index (κ1) is 19.4. The van der Waals surface area contributed by atoms with Gasteiger partial charge in [-0.15, -0.1) is 0 Å². The van der Waals surface area contributed by atoms with Crippen molar-refractivity contribution >= 4 is 11.8 Å². The van der Waals surface area contributed by atoms with Gasteiger partial charge in [-0.3, -0.25) is 14.4 Å². The van der Waals surface area contributed by atoms with Gasteiger partial charge in [0, 0.05) is 18.0 Å². The fourth-order valence-corrected chi connectivity index (χ4v) is 4.35.